The summed E-state index contributed by atoms with van der Waals surface area (Å²) in [7, 11) is -1.03. The molecule has 5 rings (SSSR count). The molecule has 0 atom stereocenters. The van der Waals surface area contributed by atoms with Crippen molar-refractivity contribution in [3.63, 3.8) is 0 Å². The quantitative estimate of drug-likeness (QED) is 0.337. The van der Waals surface area contributed by atoms with Gasteiger partial charge in [0.2, 0.25) is 0 Å². The molecule has 0 bridgehead atoms. The zero-order chi connectivity index (χ0) is 17.9. The van der Waals surface area contributed by atoms with Crippen LogP contribution in [0.5, 0.6) is 0 Å². The van der Waals surface area contributed by atoms with Gasteiger partial charge in [0.05, 0.1) is 0 Å². The van der Waals surface area contributed by atoms with Crippen LogP contribution in [0.4, 0.5) is 0 Å². The van der Waals surface area contributed by atoms with Crippen molar-refractivity contribution in [2.75, 3.05) is 12.5 Å². The number of fused-ring (bicyclic) bond motifs is 5. The number of hydrogen-bond donors (Lipinski definition) is 0. The van der Waals surface area contributed by atoms with Gasteiger partial charge in [0.1, 0.15) is 0 Å². The van der Waals surface area contributed by atoms with E-state index in [0.717, 1.165) is 0 Å². The van der Waals surface area contributed by atoms with Crippen molar-refractivity contribution in [3.8, 4) is 22.3 Å². The third-order valence-corrected chi connectivity index (χ3v) is 8.49. The van der Waals surface area contributed by atoms with E-state index in [1.807, 2.05) is 0 Å². The Balaban J connectivity index is 1.75. The third kappa shape index (κ3) is 2.17. The summed E-state index contributed by atoms with van der Waals surface area (Å²) in [5.41, 5.74) is 6.77. The summed E-state index contributed by atoms with van der Waals surface area (Å²) < 4.78 is 0. The highest BCUT2D eigenvalue weighted by molar-refractivity contribution is 8.33. The maximum absolute atomic E-state index is 2.45. The summed E-state index contributed by atoms with van der Waals surface area (Å²) in [5.74, 6) is 0. The van der Waals surface area contributed by atoms with Gasteiger partial charge < -0.3 is 0 Å². The molecule has 0 unspecified atom stereocenters. The fourth-order valence-corrected chi connectivity index (χ4v) is 7.04. The van der Waals surface area contributed by atoms with E-state index < -0.39 is 10.0 Å². The van der Waals surface area contributed by atoms with Crippen LogP contribution in [0, 0.1) is 6.92 Å². The van der Waals surface area contributed by atoms with E-state index in [0.29, 0.717) is 0 Å². The van der Waals surface area contributed by atoms with Crippen LogP contribution in [-0.2, 0) is 0 Å². The fourth-order valence-electron chi connectivity index (χ4n) is 4.21. The van der Waals surface area contributed by atoms with E-state index in [1.54, 1.807) is 4.90 Å². The number of rotatable bonds is 1. The second-order valence-corrected chi connectivity index (χ2v) is 11.1. The van der Waals surface area contributed by atoms with Crippen LogP contribution in [-0.4, -0.2) is 12.5 Å². The van der Waals surface area contributed by atoms with Gasteiger partial charge >= 0.3 is 0 Å². The lowest BCUT2D eigenvalue weighted by atomic mass is 9.98. The van der Waals surface area contributed by atoms with Crippen LogP contribution in [0.1, 0.15) is 5.56 Å². The fraction of sp³-hybridized carbons (Fsp3) is 0.120. The van der Waals surface area contributed by atoms with Crippen molar-refractivity contribution in [1.82, 2.24) is 0 Å². The zero-order valence-corrected chi connectivity index (χ0v) is 16.2. The van der Waals surface area contributed by atoms with Gasteiger partial charge in [-0.2, -0.15) is 10.0 Å². The predicted octanol–water partition coefficient (Wildman–Crippen LogP) is 7.28. The Bertz CT molecular complexity index is 1150. The molecule has 4 aromatic rings. The van der Waals surface area contributed by atoms with Crippen molar-refractivity contribution in [2.45, 2.75) is 16.7 Å². The Morgan fingerprint density at radius 1 is 0.654 bits per heavy atom. The van der Waals surface area contributed by atoms with Crippen molar-refractivity contribution < 1.29 is 0 Å². The zero-order valence-electron chi connectivity index (χ0n) is 15.4. The van der Waals surface area contributed by atoms with E-state index in [4.69, 9.17) is 0 Å². The van der Waals surface area contributed by atoms with Gasteiger partial charge in [-0.3, -0.25) is 0 Å². The Kier molecular flexibility index (Phi) is 3.32. The Morgan fingerprint density at radius 3 is 2.15 bits per heavy atom. The molecular formula is C25H22S. The molecule has 0 fully saturated rings. The van der Waals surface area contributed by atoms with Gasteiger partial charge in [-0.05, 0) is 58.5 Å². The molecule has 0 aliphatic carbocycles. The summed E-state index contributed by atoms with van der Waals surface area (Å²) in [4.78, 5) is 3.06. The first-order valence-electron chi connectivity index (χ1n) is 9.02. The van der Waals surface area contributed by atoms with Crippen LogP contribution in [0.25, 0.3) is 33.0 Å². The van der Waals surface area contributed by atoms with E-state index in [1.165, 1.54) is 43.5 Å². The lowest BCUT2D eigenvalue weighted by molar-refractivity contribution is 1.43. The highest BCUT2D eigenvalue weighted by Crippen LogP contribution is 2.69. The molecule has 0 spiro atoms. The maximum Gasteiger partial charge on any atom is 0.00941 e. The molecule has 1 heteroatoms. The Morgan fingerprint density at radius 2 is 1.35 bits per heavy atom. The molecule has 0 N–H and O–H groups in total. The van der Waals surface area contributed by atoms with Gasteiger partial charge in [0.15, 0.2) is 0 Å². The lowest BCUT2D eigenvalue weighted by Crippen LogP contribution is -1.94. The summed E-state index contributed by atoms with van der Waals surface area (Å²) in [6, 6.07) is 29.3. The lowest BCUT2D eigenvalue weighted by Gasteiger charge is -2.29. The van der Waals surface area contributed by atoms with Crippen molar-refractivity contribution in [3.05, 3.63) is 84.4 Å². The molecule has 128 valence electrons. The van der Waals surface area contributed by atoms with Gasteiger partial charge in [-0.1, -0.05) is 78.4 Å². The van der Waals surface area contributed by atoms with Crippen molar-refractivity contribution >= 4 is 20.8 Å². The number of hydrogen-bond acceptors (Lipinski definition) is 0. The highest BCUT2D eigenvalue weighted by atomic mass is 32.3. The van der Waals surface area contributed by atoms with Gasteiger partial charge in [0, 0.05) is 9.79 Å². The summed E-state index contributed by atoms with van der Waals surface area (Å²) in [6.07, 6.45) is 4.89. The molecule has 0 radical (unpaired) electrons. The largest absolute Gasteiger partial charge is 0.192 e. The molecule has 1 aliphatic rings. The Labute approximate surface area is 156 Å². The third-order valence-electron chi connectivity index (χ3n) is 5.60. The first-order chi connectivity index (χ1) is 12.6. The van der Waals surface area contributed by atoms with E-state index in [2.05, 4.69) is 98.3 Å². The van der Waals surface area contributed by atoms with Gasteiger partial charge in [-0.25, -0.2) is 0 Å². The van der Waals surface area contributed by atoms with Crippen molar-refractivity contribution in [2.24, 2.45) is 0 Å². The molecule has 1 heterocycles. The van der Waals surface area contributed by atoms with E-state index in [-0.39, 0.29) is 0 Å². The van der Waals surface area contributed by atoms with Crippen LogP contribution in [0.2, 0.25) is 0 Å². The van der Waals surface area contributed by atoms with Gasteiger partial charge in [-0.15, -0.1) is 0 Å². The minimum atomic E-state index is -1.03. The maximum atomic E-state index is 2.45. The average Bonchev–Trinajstić information content (AvgIpc) is 2.90. The second kappa shape index (κ2) is 5.49. The average molecular weight is 355 g/mol. The number of aryl methyl sites for hydroxylation is 1. The molecule has 0 amide bonds. The molecule has 4 aromatic carbocycles. The minimum absolute atomic E-state index is 1.03. The monoisotopic (exact) mass is 354 g/mol. The molecule has 0 aromatic heterocycles. The van der Waals surface area contributed by atoms with E-state index >= 15 is 0 Å². The van der Waals surface area contributed by atoms with Crippen LogP contribution in [0.3, 0.4) is 0 Å². The molecule has 0 saturated carbocycles. The molecule has 0 nitrogen and oxygen atoms in total. The SMILES string of the molecule is Cc1ccc(-c2ccc3c(c2)S(C)(C)c2c-3ccc3ccccc23)cc1. The number of benzene rings is 4. The first-order valence-corrected chi connectivity index (χ1v) is 11.5. The topological polar surface area (TPSA) is 0 Å². The second-order valence-electron chi connectivity index (χ2n) is 7.57. The molecule has 26 heavy (non-hydrogen) atoms. The molecule has 1 aliphatic heterocycles. The minimum Gasteiger partial charge on any atom is -0.192 e. The highest BCUT2D eigenvalue weighted by Gasteiger charge is 2.33. The first kappa shape index (κ1) is 15.7. The summed E-state index contributed by atoms with van der Waals surface area (Å²) in [5, 5.41) is 2.76. The Hall–Kier alpha value is -2.51. The predicted molar refractivity (Wildman–Crippen MR) is 116 cm³/mol. The van der Waals surface area contributed by atoms with Crippen LogP contribution < -0.4 is 0 Å². The normalized spacial score (nSPS) is 15.5. The van der Waals surface area contributed by atoms with Crippen molar-refractivity contribution in [1.29, 1.82) is 0 Å². The van der Waals surface area contributed by atoms with Crippen LogP contribution >= 0.6 is 10.0 Å². The van der Waals surface area contributed by atoms with Gasteiger partial charge in [0.25, 0.3) is 0 Å². The molecule has 0 saturated heterocycles. The van der Waals surface area contributed by atoms with E-state index in [9.17, 15) is 0 Å². The smallest absolute Gasteiger partial charge is 0.00941 e. The summed E-state index contributed by atoms with van der Waals surface area (Å²) >= 11 is 0. The van der Waals surface area contributed by atoms with Crippen LogP contribution in [0.15, 0.2) is 88.7 Å². The molecular weight excluding hydrogens is 332 g/mol. The standard InChI is InChI=1S/C25H22S/c1-17-8-10-18(11-9-17)20-13-14-22-23-15-12-19-6-4-5-7-21(19)25(23)26(2,3)24(22)16-20/h4-16H,1-3H3. The summed E-state index contributed by atoms with van der Waals surface area (Å²) in [6.45, 7) is 2.14.